The summed E-state index contributed by atoms with van der Waals surface area (Å²) in [4.78, 5) is 25.8. The van der Waals surface area contributed by atoms with E-state index in [9.17, 15) is 9.59 Å². The van der Waals surface area contributed by atoms with Crippen LogP contribution in [0.4, 0.5) is 0 Å². The Hall–Kier alpha value is -1.51. The molecule has 0 radical (unpaired) electrons. The second-order valence-corrected chi connectivity index (χ2v) is 2.50. The Bertz CT molecular complexity index is 287. The van der Waals surface area contributed by atoms with Crippen LogP contribution in [0.15, 0.2) is 29.4 Å². The lowest BCUT2D eigenvalue weighted by molar-refractivity contribution is -0.124. The summed E-state index contributed by atoms with van der Waals surface area (Å²) < 4.78 is 0. The van der Waals surface area contributed by atoms with Crippen molar-refractivity contribution in [3.63, 3.8) is 0 Å². The SMILES string of the molecule is C=C1/N=C\C=C/CC(=O)CC1=O. The molecule has 12 heavy (non-hydrogen) atoms. The van der Waals surface area contributed by atoms with Crippen LogP contribution in [0.3, 0.4) is 0 Å². The van der Waals surface area contributed by atoms with Gasteiger partial charge < -0.3 is 0 Å². The molecule has 0 unspecified atom stereocenters. The fraction of sp³-hybridized carbons (Fsp3) is 0.222. The molecule has 62 valence electrons. The number of rotatable bonds is 0. The van der Waals surface area contributed by atoms with E-state index in [1.54, 1.807) is 12.2 Å². The first kappa shape index (κ1) is 8.59. The van der Waals surface area contributed by atoms with Gasteiger partial charge in [-0.25, -0.2) is 0 Å². The summed E-state index contributed by atoms with van der Waals surface area (Å²) in [5.41, 5.74) is 0.148. The van der Waals surface area contributed by atoms with E-state index in [-0.39, 0.29) is 23.7 Å². The number of allylic oxidation sites excluding steroid dienone is 3. The van der Waals surface area contributed by atoms with Crippen LogP contribution in [0, 0.1) is 0 Å². The first-order chi connectivity index (χ1) is 5.70. The van der Waals surface area contributed by atoms with Crippen LogP contribution >= 0.6 is 0 Å². The van der Waals surface area contributed by atoms with Crippen LogP contribution in [-0.4, -0.2) is 17.8 Å². The molecule has 3 nitrogen and oxygen atoms in total. The minimum Gasteiger partial charge on any atom is -0.299 e. The third kappa shape index (κ3) is 2.27. The van der Waals surface area contributed by atoms with Crippen LogP contribution in [0.5, 0.6) is 0 Å². The molecule has 1 aliphatic rings. The standard InChI is InChI=1S/C9H9NO2/c1-7-9(12)6-8(11)4-2-3-5-10-7/h2-3,5H,1,4,6H2/b3-2-,10-5-. The van der Waals surface area contributed by atoms with Crippen molar-refractivity contribution in [2.75, 3.05) is 0 Å². The first-order valence-corrected chi connectivity index (χ1v) is 3.63. The average molecular weight is 163 g/mol. The number of carbonyl (C=O) groups excluding carboxylic acids is 2. The second kappa shape index (κ2) is 3.76. The Morgan fingerprint density at radius 2 is 2.17 bits per heavy atom. The zero-order valence-electron chi connectivity index (χ0n) is 6.62. The predicted octanol–water partition coefficient (Wildman–Crippen LogP) is 1.06. The van der Waals surface area contributed by atoms with Gasteiger partial charge in [0, 0.05) is 12.6 Å². The molecular formula is C9H9NO2. The zero-order valence-corrected chi connectivity index (χ0v) is 6.62. The highest BCUT2D eigenvalue weighted by Crippen LogP contribution is 2.03. The molecule has 0 bridgehead atoms. The Balaban J connectivity index is 2.80. The van der Waals surface area contributed by atoms with Gasteiger partial charge in [-0.1, -0.05) is 12.7 Å². The third-order valence-electron chi connectivity index (χ3n) is 1.48. The van der Waals surface area contributed by atoms with Crippen molar-refractivity contribution in [1.82, 2.24) is 0 Å². The number of Topliss-reactive ketones (excluding diaryl/α,β-unsaturated/α-hetero) is 2. The second-order valence-electron chi connectivity index (χ2n) is 2.50. The lowest BCUT2D eigenvalue weighted by atomic mass is 10.1. The number of hydrogen-bond donors (Lipinski definition) is 0. The highest BCUT2D eigenvalue weighted by atomic mass is 16.1. The molecule has 1 aliphatic heterocycles. The monoisotopic (exact) mass is 163 g/mol. The van der Waals surface area contributed by atoms with Crippen LogP contribution in [0.25, 0.3) is 0 Å². The third-order valence-corrected chi connectivity index (χ3v) is 1.48. The maximum Gasteiger partial charge on any atom is 0.187 e. The number of nitrogens with zero attached hydrogens (tertiary/aromatic N) is 1. The molecule has 0 aromatic carbocycles. The Kier molecular flexibility index (Phi) is 2.69. The maximum absolute atomic E-state index is 11.1. The van der Waals surface area contributed by atoms with E-state index in [4.69, 9.17) is 0 Å². The van der Waals surface area contributed by atoms with E-state index in [1.165, 1.54) is 6.21 Å². The molecule has 0 atom stereocenters. The van der Waals surface area contributed by atoms with Crippen LogP contribution in [0.2, 0.25) is 0 Å². The summed E-state index contributed by atoms with van der Waals surface area (Å²) in [6, 6.07) is 0. The van der Waals surface area contributed by atoms with Gasteiger partial charge >= 0.3 is 0 Å². The molecule has 0 N–H and O–H groups in total. The molecule has 0 spiro atoms. The minimum absolute atomic E-state index is 0.0828. The Morgan fingerprint density at radius 1 is 1.42 bits per heavy atom. The van der Waals surface area contributed by atoms with E-state index in [0.29, 0.717) is 6.42 Å². The van der Waals surface area contributed by atoms with E-state index in [0.717, 1.165) is 0 Å². The van der Waals surface area contributed by atoms with Gasteiger partial charge in [-0.2, -0.15) is 0 Å². The number of carbonyl (C=O) groups is 2. The molecule has 1 rings (SSSR count). The lowest BCUT2D eigenvalue weighted by Gasteiger charge is -1.94. The summed E-state index contributed by atoms with van der Waals surface area (Å²) in [6.45, 7) is 3.44. The molecule has 0 saturated carbocycles. The van der Waals surface area contributed by atoms with Gasteiger partial charge in [-0.3, -0.25) is 14.6 Å². The van der Waals surface area contributed by atoms with Crippen molar-refractivity contribution >= 4 is 17.8 Å². The smallest absolute Gasteiger partial charge is 0.187 e. The van der Waals surface area contributed by atoms with Crippen molar-refractivity contribution in [3.05, 3.63) is 24.4 Å². The molecule has 0 amide bonds. The van der Waals surface area contributed by atoms with Crippen molar-refractivity contribution < 1.29 is 9.59 Å². The van der Waals surface area contributed by atoms with Gasteiger partial charge in [0.05, 0.1) is 12.1 Å². The summed E-state index contributed by atoms with van der Waals surface area (Å²) in [7, 11) is 0. The largest absolute Gasteiger partial charge is 0.299 e. The van der Waals surface area contributed by atoms with Crippen LogP contribution in [-0.2, 0) is 9.59 Å². The maximum atomic E-state index is 11.1. The summed E-state index contributed by atoms with van der Waals surface area (Å²) in [6.07, 6.45) is 5.00. The fourth-order valence-corrected chi connectivity index (χ4v) is 0.819. The first-order valence-electron chi connectivity index (χ1n) is 3.63. The lowest BCUT2D eigenvalue weighted by Crippen LogP contribution is -2.07. The quantitative estimate of drug-likeness (QED) is 0.396. The normalized spacial score (nSPS) is 24.2. The molecule has 0 aromatic heterocycles. The summed E-state index contributed by atoms with van der Waals surface area (Å²) in [5, 5.41) is 0. The molecule has 0 fully saturated rings. The van der Waals surface area contributed by atoms with Gasteiger partial charge in [0.2, 0.25) is 0 Å². The van der Waals surface area contributed by atoms with E-state index >= 15 is 0 Å². The van der Waals surface area contributed by atoms with Gasteiger partial charge in [0.1, 0.15) is 5.78 Å². The van der Waals surface area contributed by atoms with E-state index in [2.05, 4.69) is 11.6 Å². The van der Waals surface area contributed by atoms with Gasteiger partial charge in [-0.15, -0.1) is 0 Å². The summed E-state index contributed by atoms with van der Waals surface area (Å²) in [5.74, 6) is -0.386. The number of ketones is 2. The van der Waals surface area contributed by atoms with Gasteiger partial charge in [-0.05, 0) is 6.08 Å². The predicted molar refractivity (Wildman–Crippen MR) is 46.0 cm³/mol. The topological polar surface area (TPSA) is 46.5 Å². The van der Waals surface area contributed by atoms with Crippen molar-refractivity contribution in [2.45, 2.75) is 12.8 Å². The summed E-state index contributed by atoms with van der Waals surface area (Å²) >= 11 is 0. The molecule has 1 heterocycles. The van der Waals surface area contributed by atoms with E-state index in [1.807, 2.05) is 0 Å². The van der Waals surface area contributed by atoms with Crippen molar-refractivity contribution in [3.8, 4) is 0 Å². The average Bonchev–Trinajstić information content (AvgIpc) is 2.07. The highest BCUT2D eigenvalue weighted by molar-refractivity contribution is 6.08. The number of hydrogen-bond acceptors (Lipinski definition) is 3. The minimum atomic E-state index is -0.292. The van der Waals surface area contributed by atoms with Gasteiger partial charge in [0.15, 0.2) is 5.78 Å². The Labute approximate surface area is 70.5 Å². The molecular weight excluding hydrogens is 154 g/mol. The zero-order chi connectivity index (χ0) is 8.97. The highest BCUT2D eigenvalue weighted by Gasteiger charge is 2.11. The van der Waals surface area contributed by atoms with Crippen molar-refractivity contribution in [1.29, 1.82) is 0 Å². The molecule has 0 aromatic rings. The number of aliphatic imine (C=N–C) groups is 1. The molecule has 0 aliphatic carbocycles. The van der Waals surface area contributed by atoms with Gasteiger partial charge in [0.25, 0.3) is 0 Å². The molecule has 0 saturated heterocycles. The fourth-order valence-electron chi connectivity index (χ4n) is 0.819. The molecule has 3 heteroatoms. The van der Waals surface area contributed by atoms with Crippen molar-refractivity contribution in [2.24, 2.45) is 4.99 Å². The van der Waals surface area contributed by atoms with Crippen LogP contribution < -0.4 is 0 Å². The van der Waals surface area contributed by atoms with Crippen LogP contribution in [0.1, 0.15) is 12.8 Å². The van der Waals surface area contributed by atoms with E-state index < -0.39 is 0 Å². The Morgan fingerprint density at radius 3 is 2.92 bits per heavy atom.